The highest BCUT2D eigenvalue weighted by molar-refractivity contribution is 7.90. The molecular weight excluding hydrogens is 242 g/mol. The predicted octanol–water partition coefficient (Wildman–Crippen LogP) is -0.102. The van der Waals surface area contributed by atoms with E-state index in [1.165, 1.54) is 6.20 Å². The first-order chi connectivity index (χ1) is 7.94. The van der Waals surface area contributed by atoms with Crippen molar-refractivity contribution in [2.75, 3.05) is 30.9 Å². The summed E-state index contributed by atoms with van der Waals surface area (Å²) < 4.78 is 21.8. The first kappa shape index (κ1) is 13.4. The van der Waals surface area contributed by atoms with Crippen molar-refractivity contribution in [1.29, 1.82) is 0 Å². The van der Waals surface area contributed by atoms with Crippen LogP contribution in [0.15, 0.2) is 18.5 Å². The highest BCUT2D eigenvalue weighted by atomic mass is 32.2. The number of carbonyl (C=O) groups is 1. The van der Waals surface area contributed by atoms with Gasteiger partial charge in [0.05, 0.1) is 11.3 Å². The lowest BCUT2D eigenvalue weighted by Gasteiger charge is -2.08. The van der Waals surface area contributed by atoms with Crippen molar-refractivity contribution in [3.8, 4) is 0 Å². The van der Waals surface area contributed by atoms with Crippen LogP contribution in [0.2, 0.25) is 0 Å². The zero-order valence-electron chi connectivity index (χ0n) is 9.73. The summed E-state index contributed by atoms with van der Waals surface area (Å²) in [5.74, 6) is -0.417. The van der Waals surface area contributed by atoms with Crippen LogP contribution in [0, 0.1) is 0 Å². The highest BCUT2D eigenvalue weighted by Gasteiger charge is 2.11. The molecule has 0 unspecified atom stereocenters. The van der Waals surface area contributed by atoms with Gasteiger partial charge < -0.3 is 10.6 Å². The number of sulfone groups is 1. The van der Waals surface area contributed by atoms with Crippen molar-refractivity contribution in [1.82, 2.24) is 10.3 Å². The number of aromatic nitrogens is 1. The van der Waals surface area contributed by atoms with Gasteiger partial charge in [0.1, 0.15) is 9.84 Å². The number of carbonyl (C=O) groups excluding carboxylic acids is 1. The molecule has 17 heavy (non-hydrogen) atoms. The van der Waals surface area contributed by atoms with Gasteiger partial charge in [-0.1, -0.05) is 0 Å². The average Bonchev–Trinajstić information content (AvgIpc) is 2.27. The van der Waals surface area contributed by atoms with Gasteiger partial charge >= 0.3 is 0 Å². The number of rotatable bonds is 5. The molecule has 0 aliphatic rings. The molecule has 1 heterocycles. The summed E-state index contributed by atoms with van der Waals surface area (Å²) in [7, 11) is -1.37. The van der Waals surface area contributed by atoms with E-state index in [-0.39, 0.29) is 18.2 Å². The Bertz CT molecular complexity index is 499. The molecule has 2 N–H and O–H groups in total. The second kappa shape index (κ2) is 5.62. The lowest BCUT2D eigenvalue weighted by Crippen LogP contribution is -2.29. The van der Waals surface area contributed by atoms with Crippen LogP contribution in [-0.2, 0) is 9.84 Å². The maximum absolute atomic E-state index is 11.7. The Morgan fingerprint density at radius 1 is 1.47 bits per heavy atom. The molecule has 7 heteroatoms. The molecule has 0 saturated heterocycles. The largest absolute Gasteiger partial charge is 0.387 e. The topological polar surface area (TPSA) is 88.2 Å². The third-order valence-corrected chi connectivity index (χ3v) is 3.04. The van der Waals surface area contributed by atoms with Gasteiger partial charge in [-0.2, -0.15) is 0 Å². The molecule has 0 aromatic carbocycles. The SMILES string of the molecule is CNc1ccncc1C(=O)NCCS(C)(=O)=O. The van der Waals surface area contributed by atoms with E-state index in [0.717, 1.165) is 6.26 Å². The normalized spacial score (nSPS) is 10.9. The van der Waals surface area contributed by atoms with Crippen LogP contribution in [0.25, 0.3) is 0 Å². The van der Waals surface area contributed by atoms with Crippen molar-refractivity contribution in [3.05, 3.63) is 24.0 Å². The van der Waals surface area contributed by atoms with Gasteiger partial charge in [0, 0.05) is 37.9 Å². The summed E-state index contributed by atoms with van der Waals surface area (Å²) in [6.07, 6.45) is 4.13. The predicted molar refractivity (Wildman–Crippen MR) is 65.8 cm³/mol. The van der Waals surface area contributed by atoms with Gasteiger partial charge in [0.15, 0.2) is 0 Å². The number of anilines is 1. The number of hydrogen-bond acceptors (Lipinski definition) is 5. The van der Waals surface area contributed by atoms with Crippen molar-refractivity contribution in [3.63, 3.8) is 0 Å². The van der Waals surface area contributed by atoms with Gasteiger partial charge in [-0.15, -0.1) is 0 Å². The Morgan fingerprint density at radius 3 is 2.76 bits per heavy atom. The standard InChI is InChI=1S/C10H15N3O3S/c1-11-9-3-4-12-7-8(9)10(14)13-5-6-17(2,15)16/h3-4,7H,5-6H2,1-2H3,(H,11,12)(H,13,14). The zero-order chi connectivity index (χ0) is 12.9. The molecule has 0 radical (unpaired) electrons. The number of pyridine rings is 1. The van der Waals surface area contributed by atoms with Gasteiger partial charge in [-0.3, -0.25) is 9.78 Å². The third-order valence-electron chi connectivity index (χ3n) is 2.09. The van der Waals surface area contributed by atoms with Gasteiger partial charge in [-0.05, 0) is 6.07 Å². The Balaban J connectivity index is 2.64. The molecule has 6 nitrogen and oxygen atoms in total. The highest BCUT2D eigenvalue weighted by Crippen LogP contribution is 2.11. The molecule has 0 spiro atoms. The summed E-state index contributed by atoms with van der Waals surface area (Å²) in [5, 5.41) is 5.40. The molecule has 1 amide bonds. The smallest absolute Gasteiger partial charge is 0.254 e. The monoisotopic (exact) mass is 257 g/mol. The van der Waals surface area contributed by atoms with Crippen LogP contribution in [0.1, 0.15) is 10.4 Å². The maximum Gasteiger partial charge on any atom is 0.254 e. The van der Waals surface area contributed by atoms with Gasteiger partial charge in [0.25, 0.3) is 5.91 Å². The molecule has 0 aliphatic heterocycles. The summed E-state index contributed by atoms with van der Waals surface area (Å²) in [6, 6.07) is 1.67. The van der Waals surface area contributed by atoms with Gasteiger partial charge in [-0.25, -0.2) is 8.42 Å². The van der Waals surface area contributed by atoms with Crippen LogP contribution >= 0.6 is 0 Å². The number of nitrogens with zero attached hydrogens (tertiary/aromatic N) is 1. The van der Waals surface area contributed by atoms with Crippen LogP contribution in [-0.4, -0.2) is 44.9 Å². The zero-order valence-corrected chi connectivity index (χ0v) is 10.5. The number of hydrogen-bond donors (Lipinski definition) is 2. The molecular formula is C10H15N3O3S. The van der Waals surface area contributed by atoms with E-state index in [1.54, 1.807) is 19.3 Å². The first-order valence-corrected chi connectivity index (χ1v) is 7.08. The third kappa shape index (κ3) is 4.39. The average molecular weight is 257 g/mol. The molecule has 0 fully saturated rings. The molecule has 0 bridgehead atoms. The second-order valence-electron chi connectivity index (χ2n) is 3.56. The van der Waals surface area contributed by atoms with E-state index in [2.05, 4.69) is 15.6 Å². The fourth-order valence-corrected chi connectivity index (χ4v) is 1.71. The Labute approximate surface area is 100 Å². The number of amides is 1. The van der Waals surface area contributed by atoms with Crippen molar-refractivity contribution < 1.29 is 13.2 Å². The van der Waals surface area contributed by atoms with Crippen LogP contribution in [0.3, 0.4) is 0 Å². The Morgan fingerprint density at radius 2 is 2.18 bits per heavy atom. The van der Waals surface area contributed by atoms with Crippen LogP contribution in [0.4, 0.5) is 5.69 Å². The van der Waals surface area contributed by atoms with Crippen molar-refractivity contribution in [2.45, 2.75) is 0 Å². The lowest BCUT2D eigenvalue weighted by atomic mass is 10.2. The van der Waals surface area contributed by atoms with E-state index in [4.69, 9.17) is 0 Å². The summed E-state index contributed by atoms with van der Waals surface area (Å²) in [6.45, 7) is 0.0930. The fourth-order valence-electron chi connectivity index (χ4n) is 1.24. The second-order valence-corrected chi connectivity index (χ2v) is 5.82. The summed E-state index contributed by atoms with van der Waals surface area (Å²) >= 11 is 0. The maximum atomic E-state index is 11.7. The lowest BCUT2D eigenvalue weighted by molar-refractivity contribution is 0.0956. The van der Waals surface area contributed by atoms with E-state index in [1.807, 2.05) is 0 Å². The molecule has 0 atom stereocenters. The van der Waals surface area contributed by atoms with E-state index < -0.39 is 9.84 Å². The van der Waals surface area contributed by atoms with E-state index >= 15 is 0 Å². The molecule has 1 aromatic heterocycles. The fraction of sp³-hybridized carbons (Fsp3) is 0.400. The van der Waals surface area contributed by atoms with Crippen molar-refractivity contribution in [2.24, 2.45) is 0 Å². The minimum atomic E-state index is -3.06. The summed E-state index contributed by atoms with van der Waals surface area (Å²) in [4.78, 5) is 15.6. The van der Waals surface area contributed by atoms with Crippen LogP contribution < -0.4 is 10.6 Å². The molecule has 94 valence electrons. The Hall–Kier alpha value is -1.63. The minimum absolute atomic E-state index is 0.0755. The quantitative estimate of drug-likeness (QED) is 0.769. The van der Waals surface area contributed by atoms with E-state index in [0.29, 0.717) is 11.3 Å². The first-order valence-electron chi connectivity index (χ1n) is 5.02. The molecule has 1 aromatic rings. The van der Waals surface area contributed by atoms with Crippen LogP contribution in [0.5, 0.6) is 0 Å². The number of nitrogens with one attached hydrogen (secondary N) is 2. The van der Waals surface area contributed by atoms with Crippen molar-refractivity contribution >= 4 is 21.4 Å². The summed E-state index contributed by atoms with van der Waals surface area (Å²) in [5.41, 5.74) is 1.04. The van der Waals surface area contributed by atoms with Gasteiger partial charge in [0.2, 0.25) is 0 Å². The molecule has 0 aliphatic carbocycles. The molecule has 1 rings (SSSR count). The molecule has 0 saturated carbocycles. The Kier molecular flexibility index (Phi) is 4.45. The van der Waals surface area contributed by atoms with E-state index in [9.17, 15) is 13.2 Å². The minimum Gasteiger partial charge on any atom is -0.387 e.